The van der Waals surface area contributed by atoms with E-state index in [4.69, 9.17) is 4.74 Å². The van der Waals surface area contributed by atoms with Crippen LogP contribution in [0.3, 0.4) is 0 Å². The van der Waals surface area contributed by atoms with Crippen molar-refractivity contribution >= 4 is 12.4 Å². The Kier molecular flexibility index (Phi) is 9.58. The highest BCUT2D eigenvalue weighted by Crippen LogP contribution is 2.29. The fraction of sp³-hybridized carbons (Fsp3) is 0.684. The third-order valence-corrected chi connectivity index (χ3v) is 4.62. The summed E-state index contributed by atoms with van der Waals surface area (Å²) in [6.45, 7) is 3.45. The molecular formula is C19H32ClNO. The van der Waals surface area contributed by atoms with Crippen LogP contribution in [0.1, 0.15) is 63.0 Å². The van der Waals surface area contributed by atoms with Gasteiger partial charge in [0.25, 0.3) is 0 Å². The lowest BCUT2D eigenvalue weighted by Crippen LogP contribution is -2.35. The molecule has 1 aromatic carbocycles. The van der Waals surface area contributed by atoms with Gasteiger partial charge in [-0.3, -0.25) is 0 Å². The van der Waals surface area contributed by atoms with E-state index in [2.05, 4.69) is 30.4 Å². The van der Waals surface area contributed by atoms with Gasteiger partial charge in [-0.25, -0.2) is 0 Å². The minimum absolute atomic E-state index is 0. The molecule has 1 aliphatic carbocycles. The van der Waals surface area contributed by atoms with E-state index in [-0.39, 0.29) is 12.4 Å². The van der Waals surface area contributed by atoms with Crippen LogP contribution in [0.4, 0.5) is 0 Å². The van der Waals surface area contributed by atoms with Gasteiger partial charge in [-0.15, -0.1) is 12.4 Å². The van der Waals surface area contributed by atoms with Crippen molar-refractivity contribution in [3.63, 3.8) is 0 Å². The SMILES string of the molecule is CCCCCCCCNC1CCc2c(cccc2OC)C1.Cl. The monoisotopic (exact) mass is 325 g/mol. The predicted octanol–water partition coefficient (Wildman–Crippen LogP) is 4.92. The second kappa shape index (κ2) is 10.9. The number of benzene rings is 1. The van der Waals surface area contributed by atoms with Gasteiger partial charge in [0.15, 0.2) is 0 Å². The molecule has 3 heteroatoms. The topological polar surface area (TPSA) is 21.3 Å². The van der Waals surface area contributed by atoms with Gasteiger partial charge in [0.1, 0.15) is 5.75 Å². The molecule has 1 atom stereocenters. The first-order valence-corrected chi connectivity index (χ1v) is 8.73. The average Bonchev–Trinajstić information content (AvgIpc) is 2.53. The molecule has 1 aliphatic rings. The number of unbranched alkanes of at least 4 members (excludes halogenated alkanes) is 5. The maximum absolute atomic E-state index is 5.47. The van der Waals surface area contributed by atoms with Crippen LogP contribution in [0, 0.1) is 0 Å². The highest BCUT2D eigenvalue weighted by atomic mass is 35.5. The zero-order valence-corrected chi connectivity index (χ0v) is 15.0. The minimum atomic E-state index is 0. The first kappa shape index (κ1) is 19.3. The van der Waals surface area contributed by atoms with Crippen molar-refractivity contribution in [3.8, 4) is 5.75 Å². The number of halogens is 1. The first-order valence-electron chi connectivity index (χ1n) is 8.73. The Bertz CT molecular complexity index is 422. The van der Waals surface area contributed by atoms with Gasteiger partial charge in [-0.05, 0) is 49.4 Å². The van der Waals surface area contributed by atoms with Crippen LogP contribution < -0.4 is 10.1 Å². The molecule has 126 valence electrons. The molecule has 0 spiro atoms. The molecule has 0 bridgehead atoms. The highest BCUT2D eigenvalue weighted by molar-refractivity contribution is 5.85. The second-order valence-electron chi connectivity index (χ2n) is 6.26. The Morgan fingerprint density at radius 3 is 2.68 bits per heavy atom. The predicted molar refractivity (Wildman–Crippen MR) is 97.4 cm³/mol. The van der Waals surface area contributed by atoms with Crippen molar-refractivity contribution < 1.29 is 4.74 Å². The number of fused-ring (bicyclic) bond motifs is 1. The molecule has 1 N–H and O–H groups in total. The van der Waals surface area contributed by atoms with Crippen molar-refractivity contribution in [3.05, 3.63) is 29.3 Å². The van der Waals surface area contributed by atoms with Crippen LogP contribution in [0.5, 0.6) is 5.75 Å². The summed E-state index contributed by atoms with van der Waals surface area (Å²) in [6.07, 6.45) is 11.8. The van der Waals surface area contributed by atoms with Crippen molar-refractivity contribution in [2.75, 3.05) is 13.7 Å². The zero-order valence-electron chi connectivity index (χ0n) is 14.2. The van der Waals surface area contributed by atoms with Crippen LogP contribution in [-0.2, 0) is 12.8 Å². The maximum atomic E-state index is 5.47. The van der Waals surface area contributed by atoms with Gasteiger partial charge in [-0.2, -0.15) is 0 Å². The maximum Gasteiger partial charge on any atom is 0.122 e. The molecule has 0 saturated carbocycles. The molecule has 0 fully saturated rings. The summed E-state index contributed by atoms with van der Waals surface area (Å²) in [4.78, 5) is 0. The first-order chi connectivity index (χ1) is 10.3. The van der Waals surface area contributed by atoms with Crippen molar-refractivity contribution in [1.82, 2.24) is 5.32 Å². The molecule has 0 radical (unpaired) electrons. The molecule has 22 heavy (non-hydrogen) atoms. The minimum Gasteiger partial charge on any atom is -0.496 e. The molecule has 0 heterocycles. The van der Waals surface area contributed by atoms with E-state index >= 15 is 0 Å². The second-order valence-corrected chi connectivity index (χ2v) is 6.26. The zero-order chi connectivity index (χ0) is 14.9. The third kappa shape index (κ3) is 5.81. The molecule has 1 unspecified atom stereocenters. The van der Waals surface area contributed by atoms with Crippen molar-refractivity contribution in [2.45, 2.75) is 70.8 Å². The van der Waals surface area contributed by atoms with E-state index in [0.717, 1.165) is 18.6 Å². The Morgan fingerprint density at radius 2 is 1.91 bits per heavy atom. The van der Waals surface area contributed by atoms with E-state index in [1.165, 1.54) is 62.6 Å². The molecule has 0 amide bonds. The van der Waals surface area contributed by atoms with E-state index < -0.39 is 0 Å². The lowest BCUT2D eigenvalue weighted by atomic mass is 9.87. The smallest absolute Gasteiger partial charge is 0.122 e. The summed E-state index contributed by atoms with van der Waals surface area (Å²) in [7, 11) is 1.78. The number of hydrogen-bond donors (Lipinski definition) is 1. The van der Waals surface area contributed by atoms with Crippen LogP contribution >= 0.6 is 12.4 Å². The van der Waals surface area contributed by atoms with E-state index in [0.29, 0.717) is 6.04 Å². The highest BCUT2D eigenvalue weighted by Gasteiger charge is 2.20. The van der Waals surface area contributed by atoms with E-state index in [1.54, 1.807) is 7.11 Å². The Balaban J connectivity index is 0.00000242. The lowest BCUT2D eigenvalue weighted by molar-refractivity contribution is 0.396. The number of ether oxygens (including phenoxy) is 1. The molecule has 0 aliphatic heterocycles. The number of methoxy groups -OCH3 is 1. The molecule has 2 rings (SSSR count). The number of nitrogens with one attached hydrogen (secondary N) is 1. The Hall–Kier alpha value is -0.730. The fourth-order valence-corrected chi connectivity index (χ4v) is 3.35. The quantitative estimate of drug-likeness (QED) is 0.650. The Labute approximate surface area is 142 Å². The fourth-order valence-electron chi connectivity index (χ4n) is 3.35. The van der Waals surface area contributed by atoms with Crippen molar-refractivity contribution in [1.29, 1.82) is 0 Å². The van der Waals surface area contributed by atoms with Gasteiger partial charge in [0, 0.05) is 6.04 Å². The summed E-state index contributed by atoms with van der Waals surface area (Å²) in [5.74, 6) is 1.07. The molecule has 0 saturated heterocycles. The van der Waals surface area contributed by atoms with E-state index in [9.17, 15) is 0 Å². The summed E-state index contributed by atoms with van der Waals surface area (Å²) in [6, 6.07) is 7.12. The number of rotatable bonds is 9. The van der Waals surface area contributed by atoms with Crippen molar-refractivity contribution in [2.24, 2.45) is 0 Å². The number of hydrogen-bond acceptors (Lipinski definition) is 2. The van der Waals surface area contributed by atoms with Crippen LogP contribution in [0.15, 0.2) is 18.2 Å². The van der Waals surface area contributed by atoms with Gasteiger partial charge in [-0.1, -0.05) is 51.2 Å². The van der Waals surface area contributed by atoms with Crippen LogP contribution in [0.25, 0.3) is 0 Å². The standard InChI is InChI=1S/C19H31NO.ClH/c1-3-4-5-6-7-8-14-20-17-12-13-18-16(15-17)10-9-11-19(18)21-2;/h9-11,17,20H,3-8,12-15H2,1-2H3;1H. The normalized spacial score (nSPS) is 16.7. The summed E-state index contributed by atoms with van der Waals surface area (Å²) < 4.78 is 5.47. The third-order valence-electron chi connectivity index (χ3n) is 4.62. The largest absolute Gasteiger partial charge is 0.496 e. The summed E-state index contributed by atoms with van der Waals surface area (Å²) in [5.41, 5.74) is 2.90. The molecule has 2 nitrogen and oxygen atoms in total. The van der Waals surface area contributed by atoms with Crippen LogP contribution in [-0.4, -0.2) is 19.7 Å². The summed E-state index contributed by atoms with van der Waals surface area (Å²) >= 11 is 0. The van der Waals surface area contributed by atoms with Gasteiger partial charge >= 0.3 is 0 Å². The Morgan fingerprint density at radius 1 is 1.14 bits per heavy atom. The van der Waals surface area contributed by atoms with Crippen LogP contribution in [0.2, 0.25) is 0 Å². The van der Waals surface area contributed by atoms with Gasteiger partial charge in [0.2, 0.25) is 0 Å². The lowest BCUT2D eigenvalue weighted by Gasteiger charge is -2.26. The molecule has 1 aromatic rings. The van der Waals surface area contributed by atoms with E-state index in [1.807, 2.05) is 0 Å². The average molecular weight is 326 g/mol. The molecular weight excluding hydrogens is 294 g/mol. The van der Waals surface area contributed by atoms with Gasteiger partial charge < -0.3 is 10.1 Å². The molecule has 0 aromatic heterocycles. The van der Waals surface area contributed by atoms with Gasteiger partial charge in [0.05, 0.1) is 7.11 Å². The summed E-state index contributed by atoms with van der Waals surface area (Å²) in [5, 5.41) is 3.75.